The molecule has 3 nitrogen and oxygen atoms in total. The van der Waals surface area contributed by atoms with Gasteiger partial charge in [0.25, 0.3) is 0 Å². The topological polar surface area (TPSA) is 40.5 Å². The number of carboxylic acids is 1. The number of nitrogens with zero attached hydrogens (tertiary/aromatic N) is 1. The number of aliphatic carboxylic acids is 1. The molecule has 1 aromatic carbocycles. The predicted molar refractivity (Wildman–Crippen MR) is 68.4 cm³/mol. The van der Waals surface area contributed by atoms with Crippen LogP contribution in [0, 0.1) is 5.82 Å². The van der Waals surface area contributed by atoms with Crippen molar-refractivity contribution in [1.82, 2.24) is 0 Å². The lowest BCUT2D eigenvalue weighted by Gasteiger charge is -2.31. The number of benzene rings is 1. The molecule has 0 spiro atoms. The molecular formula is C14H18FNO2. The van der Waals surface area contributed by atoms with Crippen LogP contribution in [0.3, 0.4) is 0 Å². The summed E-state index contributed by atoms with van der Waals surface area (Å²) in [5.74, 6) is -0.980. The zero-order valence-electron chi connectivity index (χ0n) is 10.7. The highest BCUT2D eigenvalue weighted by Gasteiger charge is 2.32. The molecule has 1 aromatic rings. The Morgan fingerprint density at radius 1 is 1.56 bits per heavy atom. The summed E-state index contributed by atoms with van der Waals surface area (Å²) >= 11 is 0. The maximum Gasteiger partial charge on any atom is 0.303 e. The standard InChI is InChI=1S/C14H18FNO2/c1-9(2)16-10(6-7-14(17)18)8-11-12(15)4-3-5-13(11)16/h3-5,9-10H,6-8H2,1-2H3,(H,17,18). The zero-order valence-corrected chi connectivity index (χ0v) is 10.7. The van der Waals surface area contributed by atoms with Crippen molar-refractivity contribution in [1.29, 1.82) is 0 Å². The van der Waals surface area contributed by atoms with E-state index < -0.39 is 5.97 Å². The van der Waals surface area contributed by atoms with Gasteiger partial charge in [-0.05, 0) is 38.8 Å². The van der Waals surface area contributed by atoms with Gasteiger partial charge in [0.1, 0.15) is 5.82 Å². The number of hydrogen-bond donors (Lipinski definition) is 1. The van der Waals surface area contributed by atoms with Crippen LogP contribution in [0.25, 0.3) is 0 Å². The molecule has 2 rings (SSSR count). The van der Waals surface area contributed by atoms with Gasteiger partial charge in [-0.3, -0.25) is 4.79 Å². The van der Waals surface area contributed by atoms with Crippen molar-refractivity contribution in [2.24, 2.45) is 0 Å². The first-order chi connectivity index (χ1) is 8.50. The molecule has 0 radical (unpaired) electrons. The molecule has 1 atom stereocenters. The molecule has 1 N–H and O–H groups in total. The number of halogens is 1. The van der Waals surface area contributed by atoms with Gasteiger partial charge in [0.15, 0.2) is 0 Å². The van der Waals surface area contributed by atoms with Crippen LogP contribution in [0.1, 0.15) is 32.3 Å². The van der Waals surface area contributed by atoms with Gasteiger partial charge in [-0.15, -0.1) is 0 Å². The zero-order chi connectivity index (χ0) is 13.3. The Kier molecular flexibility index (Phi) is 3.55. The molecule has 0 saturated heterocycles. The molecule has 0 aromatic heterocycles. The average Bonchev–Trinajstić information content (AvgIpc) is 2.66. The van der Waals surface area contributed by atoms with Crippen molar-refractivity contribution < 1.29 is 14.3 Å². The smallest absolute Gasteiger partial charge is 0.303 e. The summed E-state index contributed by atoms with van der Waals surface area (Å²) in [6.45, 7) is 4.10. The average molecular weight is 251 g/mol. The monoisotopic (exact) mass is 251 g/mol. The summed E-state index contributed by atoms with van der Waals surface area (Å²) in [5.41, 5.74) is 1.64. The molecule has 1 heterocycles. The van der Waals surface area contributed by atoms with Crippen molar-refractivity contribution in [2.75, 3.05) is 4.90 Å². The molecule has 1 unspecified atom stereocenters. The first kappa shape index (κ1) is 12.9. The Labute approximate surface area is 106 Å². The molecule has 1 aliphatic rings. The molecule has 0 amide bonds. The minimum absolute atomic E-state index is 0.0907. The molecule has 4 heteroatoms. The van der Waals surface area contributed by atoms with E-state index in [0.717, 1.165) is 11.3 Å². The van der Waals surface area contributed by atoms with Gasteiger partial charge in [0.2, 0.25) is 0 Å². The number of fused-ring (bicyclic) bond motifs is 1. The summed E-state index contributed by atoms with van der Waals surface area (Å²) in [7, 11) is 0. The van der Waals surface area contributed by atoms with E-state index in [-0.39, 0.29) is 24.3 Å². The number of carboxylic acid groups (broad SMARTS) is 1. The fourth-order valence-electron chi connectivity index (χ4n) is 2.75. The number of rotatable bonds is 4. The van der Waals surface area contributed by atoms with Crippen LogP contribution < -0.4 is 4.90 Å². The fraction of sp³-hybridized carbons (Fsp3) is 0.500. The van der Waals surface area contributed by atoms with Gasteiger partial charge >= 0.3 is 5.97 Å². The van der Waals surface area contributed by atoms with Crippen LogP contribution >= 0.6 is 0 Å². The molecule has 0 fully saturated rings. The van der Waals surface area contributed by atoms with Gasteiger partial charge in [-0.25, -0.2) is 4.39 Å². The lowest BCUT2D eigenvalue weighted by molar-refractivity contribution is -0.137. The molecule has 0 aliphatic carbocycles. The van der Waals surface area contributed by atoms with Crippen LogP contribution in [-0.2, 0) is 11.2 Å². The molecule has 18 heavy (non-hydrogen) atoms. The Bertz CT molecular complexity index is 459. The number of hydrogen-bond acceptors (Lipinski definition) is 2. The number of anilines is 1. The maximum atomic E-state index is 13.8. The van der Waals surface area contributed by atoms with E-state index >= 15 is 0 Å². The third-order valence-electron chi connectivity index (χ3n) is 3.45. The van der Waals surface area contributed by atoms with Gasteiger partial charge in [-0.2, -0.15) is 0 Å². The minimum atomic E-state index is -0.796. The third-order valence-corrected chi connectivity index (χ3v) is 3.45. The van der Waals surface area contributed by atoms with Gasteiger partial charge in [0, 0.05) is 29.8 Å². The summed E-state index contributed by atoms with van der Waals surface area (Å²) in [5, 5.41) is 8.78. The van der Waals surface area contributed by atoms with Gasteiger partial charge in [-0.1, -0.05) is 6.07 Å². The Hall–Kier alpha value is -1.58. The van der Waals surface area contributed by atoms with Crippen molar-refractivity contribution in [3.8, 4) is 0 Å². The van der Waals surface area contributed by atoms with Crippen molar-refractivity contribution in [3.05, 3.63) is 29.6 Å². The summed E-state index contributed by atoms with van der Waals surface area (Å²) in [6.07, 6.45) is 1.29. The molecule has 0 bridgehead atoms. The first-order valence-corrected chi connectivity index (χ1v) is 6.28. The predicted octanol–water partition coefficient (Wildman–Crippen LogP) is 2.83. The van der Waals surface area contributed by atoms with Gasteiger partial charge in [0.05, 0.1) is 0 Å². The largest absolute Gasteiger partial charge is 0.481 e. The highest BCUT2D eigenvalue weighted by molar-refractivity contribution is 5.67. The second-order valence-electron chi connectivity index (χ2n) is 5.03. The lowest BCUT2D eigenvalue weighted by Crippen LogP contribution is -2.38. The van der Waals surface area contributed by atoms with Crippen molar-refractivity contribution in [3.63, 3.8) is 0 Å². The van der Waals surface area contributed by atoms with E-state index in [1.165, 1.54) is 6.07 Å². The SMILES string of the molecule is CC(C)N1c2cccc(F)c2CC1CCC(=O)O. The first-order valence-electron chi connectivity index (χ1n) is 6.28. The minimum Gasteiger partial charge on any atom is -0.481 e. The molecule has 98 valence electrons. The third kappa shape index (κ3) is 2.33. The summed E-state index contributed by atoms with van der Waals surface area (Å²) in [6, 6.07) is 5.43. The van der Waals surface area contributed by atoms with Crippen LogP contribution in [0.5, 0.6) is 0 Å². The van der Waals surface area contributed by atoms with Crippen LogP contribution in [-0.4, -0.2) is 23.2 Å². The van der Waals surface area contributed by atoms with E-state index in [1.807, 2.05) is 19.9 Å². The highest BCUT2D eigenvalue weighted by atomic mass is 19.1. The van der Waals surface area contributed by atoms with E-state index in [1.54, 1.807) is 6.07 Å². The van der Waals surface area contributed by atoms with E-state index in [0.29, 0.717) is 12.8 Å². The van der Waals surface area contributed by atoms with Gasteiger partial charge < -0.3 is 10.0 Å². The molecule has 0 saturated carbocycles. The van der Waals surface area contributed by atoms with Crippen LogP contribution in [0.2, 0.25) is 0 Å². The lowest BCUT2D eigenvalue weighted by atomic mass is 10.1. The Morgan fingerprint density at radius 2 is 2.28 bits per heavy atom. The van der Waals surface area contributed by atoms with E-state index in [2.05, 4.69) is 4.90 Å². The summed E-state index contributed by atoms with van der Waals surface area (Å²) in [4.78, 5) is 12.8. The maximum absolute atomic E-state index is 13.8. The molecule has 1 aliphatic heterocycles. The Morgan fingerprint density at radius 3 is 2.89 bits per heavy atom. The quantitative estimate of drug-likeness (QED) is 0.894. The number of carbonyl (C=O) groups is 1. The van der Waals surface area contributed by atoms with Crippen molar-refractivity contribution in [2.45, 2.75) is 45.2 Å². The highest BCUT2D eigenvalue weighted by Crippen LogP contribution is 2.36. The van der Waals surface area contributed by atoms with E-state index in [9.17, 15) is 9.18 Å². The normalized spacial score (nSPS) is 18.2. The Balaban J connectivity index is 2.25. The molecular weight excluding hydrogens is 233 g/mol. The van der Waals surface area contributed by atoms with Crippen LogP contribution in [0.15, 0.2) is 18.2 Å². The van der Waals surface area contributed by atoms with E-state index in [4.69, 9.17) is 5.11 Å². The second-order valence-corrected chi connectivity index (χ2v) is 5.03. The fourth-order valence-corrected chi connectivity index (χ4v) is 2.75. The summed E-state index contributed by atoms with van der Waals surface area (Å²) < 4.78 is 13.8. The van der Waals surface area contributed by atoms with Crippen LogP contribution in [0.4, 0.5) is 10.1 Å². The second kappa shape index (κ2) is 4.96. The van der Waals surface area contributed by atoms with Crippen molar-refractivity contribution >= 4 is 11.7 Å².